The lowest BCUT2D eigenvalue weighted by Gasteiger charge is -2.08. The van der Waals surface area contributed by atoms with E-state index in [2.05, 4.69) is 10.6 Å². The van der Waals surface area contributed by atoms with E-state index in [4.69, 9.17) is 9.84 Å². The minimum Gasteiger partial charge on any atom is -0.484 e. The predicted octanol–water partition coefficient (Wildman–Crippen LogP) is 1.39. The van der Waals surface area contributed by atoms with E-state index >= 15 is 0 Å². The summed E-state index contributed by atoms with van der Waals surface area (Å²) < 4.78 is 5.13. The van der Waals surface area contributed by atoms with E-state index in [0.29, 0.717) is 6.54 Å². The van der Waals surface area contributed by atoms with E-state index in [0.717, 1.165) is 12.8 Å². The number of carbonyl (C=O) groups excluding carboxylic acids is 2. The van der Waals surface area contributed by atoms with E-state index in [1.54, 1.807) is 0 Å². The van der Waals surface area contributed by atoms with Gasteiger partial charge >= 0.3 is 12.0 Å². The minimum absolute atomic E-state index is 0.0604. The number of nitrogens with one attached hydrogen (secondary N) is 2. The van der Waals surface area contributed by atoms with Crippen LogP contribution in [0.1, 0.15) is 30.1 Å². The molecule has 1 rings (SSSR count). The molecule has 0 atom stereocenters. The Kier molecular flexibility index (Phi) is 6.73. The Hall–Kier alpha value is -2.57. The quantitative estimate of drug-likeness (QED) is 0.659. The van der Waals surface area contributed by atoms with E-state index in [9.17, 15) is 14.4 Å². The van der Waals surface area contributed by atoms with Crippen molar-refractivity contribution in [3.8, 4) is 5.75 Å². The van der Waals surface area contributed by atoms with Crippen LogP contribution in [0.2, 0.25) is 0 Å². The molecule has 3 amide bonds. The topological polar surface area (TPSA) is 105 Å². The second-order valence-electron chi connectivity index (χ2n) is 4.28. The van der Waals surface area contributed by atoms with Gasteiger partial charge < -0.3 is 15.2 Å². The Morgan fingerprint density at radius 1 is 1.29 bits per heavy atom. The number of ether oxygens (including phenoxy) is 1. The second-order valence-corrected chi connectivity index (χ2v) is 4.28. The number of urea groups is 1. The number of hydrogen-bond acceptors (Lipinski definition) is 4. The number of hydrogen-bond donors (Lipinski definition) is 3. The monoisotopic (exact) mass is 294 g/mol. The molecule has 7 heteroatoms. The average molecular weight is 294 g/mol. The van der Waals surface area contributed by atoms with Crippen LogP contribution in [0.5, 0.6) is 5.75 Å². The normalized spacial score (nSPS) is 9.76. The highest BCUT2D eigenvalue weighted by Gasteiger charge is 2.09. The molecule has 1 aromatic rings. The Bertz CT molecular complexity index is 516. The number of carboxylic acid groups (broad SMARTS) is 1. The number of carboxylic acids is 1. The minimum atomic E-state index is -1.08. The van der Waals surface area contributed by atoms with Gasteiger partial charge in [0.1, 0.15) is 5.75 Å². The maximum Gasteiger partial charge on any atom is 0.335 e. The molecule has 3 N–H and O–H groups in total. The summed E-state index contributed by atoms with van der Waals surface area (Å²) in [6, 6.07) is 5.18. The molecule has 0 unspecified atom stereocenters. The molecule has 0 aliphatic heterocycles. The van der Waals surface area contributed by atoms with Crippen molar-refractivity contribution in [2.75, 3.05) is 13.2 Å². The zero-order chi connectivity index (χ0) is 15.7. The molecule has 114 valence electrons. The van der Waals surface area contributed by atoms with Crippen LogP contribution in [0.3, 0.4) is 0 Å². The third kappa shape index (κ3) is 6.42. The van der Waals surface area contributed by atoms with Crippen LogP contribution in [-0.4, -0.2) is 36.2 Å². The maximum atomic E-state index is 11.5. The summed E-state index contributed by atoms with van der Waals surface area (Å²) >= 11 is 0. The highest BCUT2D eigenvalue weighted by atomic mass is 16.5. The average Bonchev–Trinajstić information content (AvgIpc) is 2.45. The van der Waals surface area contributed by atoms with Crippen molar-refractivity contribution < 1.29 is 24.2 Å². The molecule has 0 aliphatic carbocycles. The third-order valence-corrected chi connectivity index (χ3v) is 2.52. The first-order valence-electron chi connectivity index (χ1n) is 6.56. The number of unbranched alkanes of at least 4 members (excludes halogenated alkanes) is 1. The molecular weight excluding hydrogens is 276 g/mol. The van der Waals surface area contributed by atoms with Crippen LogP contribution in [0.4, 0.5) is 4.79 Å². The number of aromatic carboxylic acids is 1. The number of amides is 3. The van der Waals surface area contributed by atoms with Gasteiger partial charge in [0.2, 0.25) is 0 Å². The maximum absolute atomic E-state index is 11.5. The van der Waals surface area contributed by atoms with Crippen LogP contribution in [-0.2, 0) is 4.79 Å². The van der Waals surface area contributed by atoms with E-state index in [1.807, 2.05) is 6.92 Å². The molecule has 0 heterocycles. The Morgan fingerprint density at radius 2 is 2.05 bits per heavy atom. The molecule has 0 aliphatic rings. The summed E-state index contributed by atoms with van der Waals surface area (Å²) in [4.78, 5) is 33.5. The van der Waals surface area contributed by atoms with Gasteiger partial charge in [-0.1, -0.05) is 19.4 Å². The molecule has 7 nitrogen and oxygen atoms in total. The zero-order valence-electron chi connectivity index (χ0n) is 11.7. The molecule has 0 bridgehead atoms. The van der Waals surface area contributed by atoms with Gasteiger partial charge in [-0.2, -0.15) is 0 Å². The first-order valence-corrected chi connectivity index (χ1v) is 6.56. The smallest absolute Gasteiger partial charge is 0.335 e. The van der Waals surface area contributed by atoms with Crippen molar-refractivity contribution in [1.29, 1.82) is 0 Å². The molecule has 0 aromatic heterocycles. The fraction of sp³-hybridized carbons (Fsp3) is 0.357. The number of rotatable bonds is 7. The highest BCUT2D eigenvalue weighted by molar-refractivity contribution is 5.95. The lowest BCUT2D eigenvalue weighted by atomic mass is 10.2. The van der Waals surface area contributed by atoms with E-state index < -0.39 is 17.9 Å². The van der Waals surface area contributed by atoms with Gasteiger partial charge in [-0.3, -0.25) is 10.1 Å². The van der Waals surface area contributed by atoms with E-state index in [-0.39, 0.29) is 17.9 Å². The Balaban J connectivity index is 2.37. The largest absolute Gasteiger partial charge is 0.484 e. The Labute approximate surface area is 122 Å². The first kappa shape index (κ1) is 16.5. The van der Waals surface area contributed by atoms with Crippen LogP contribution >= 0.6 is 0 Å². The van der Waals surface area contributed by atoms with E-state index in [1.165, 1.54) is 24.3 Å². The molecule has 21 heavy (non-hydrogen) atoms. The summed E-state index contributed by atoms with van der Waals surface area (Å²) in [5.41, 5.74) is 0.0604. The molecule has 0 saturated heterocycles. The van der Waals surface area contributed by atoms with Gasteiger partial charge in [-0.25, -0.2) is 9.59 Å². The van der Waals surface area contributed by atoms with Crippen molar-refractivity contribution in [3.05, 3.63) is 29.8 Å². The molecule has 1 aromatic carbocycles. The van der Waals surface area contributed by atoms with Crippen LogP contribution in [0.15, 0.2) is 24.3 Å². The van der Waals surface area contributed by atoms with Crippen molar-refractivity contribution >= 4 is 17.9 Å². The van der Waals surface area contributed by atoms with Crippen molar-refractivity contribution in [1.82, 2.24) is 10.6 Å². The number of benzene rings is 1. The lowest BCUT2D eigenvalue weighted by molar-refractivity contribution is -0.122. The first-order chi connectivity index (χ1) is 10.0. The fourth-order valence-electron chi connectivity index (χ4n) is 1.45. The summed E-state index contributed by atoms with van der Waals surface area (Å²) in [7, 11) is 0. The number of carbonyl (C=O) groups is 3. The second kappa shape index (κ2) is 8.57. The van der Waals surface area contributed by atoms with Gasteiger partial charge in [0.05, 0.1) is 5.56 Å². The summed E-state index contributed by atoms with van der Waals surface area (Å²) in [6.07, 6.45) is 1.78. The van der Waals surface area contributed by atoms with Gasteiger partial charge in [0.15, 0.2) is 6.61 Å². The summed E-state index contributed by atoms with van der Waals surface area (Å²) in [5.74, 6) is -1.44. The van der Waals surface area contributed by atoms with Gasteiger partial charge in [-0.15, -0.1) is 0 Å². The number of imide groups is 1. The highest BCUT2D eigenvalue weighted by Crippen LogP contribution is 2.12. The molecule has 0 radical (unpaired) electrons. The summed E-state index contributed by atoms with van der Waals surface area (Å²) in [6.45, 7) is 2.12. The van der Waals surface area contributed by atoms with Crippen LogP contribution in [0.25, 0.3) is 0 Å². The SMILES string of the molecule is CCCCNC(=O)NC(=O)COc1cccc(C(=O)O)c1. The van der Waals surface area contributed by atoms with Crippen molar-refractivity contribution in [2.24, 2.45) is 0 Å². The predicted molar refractivity (Wildman–Crippen MR) is 75.3 cm³/mol. The van der Waals surface area contributed by atoms with Gasteiger partial charge in [-0.05, 0) is 24.6 Å². The van der Waals surface area contributed by atoms with Gasteiger partial charge in [0.25, 0.3) is 5.91 Å². The zero-order valence-corrected chi connectivity index (χ0v) is 11.7. The third-order valence-electron chi connectivity index (χ3n) is 2.52. The molecule has 0 spiro atoms. The van der Waals surface area contributed by atoms with Crippen molar-refractivity contribution in [2.45, 2.75) is 19.8 Å². The van der Waals surface area contributed by atoms with Gasteiger partial charge in [0, 0.05) is 6.54 Å². The lowest BCUT2D eigenvalue weighted by Crippen LogP contribution is -2.41. The standard InChI is InChI=1S/C14H18N2O5/c1-2-3-7-15-14(20)16-12(17)9-21-11-6-4-5-10(8-11)13(18)19/h4-6,8H,2-3,7,9H2,1H3,(H,18,19)(H2,15,16,17,20). The summed E-state index contributed by atoms with van der Waals surface area (Å²) in [5, 5.41) is 13.5. The van der Waals surface area contributed by atoms with Crippen molar-refractivity contribution in [3.63, 3.8) is 0 Å². The Morgan fingerprint density at radius 3 is 2.71 bits per heavy atom. The molecular formula is C14H18N2O5. The molecule has 0 saturated carbocycles. The molecule has 0 fully saturated rings. The fourth-order valence-corrected chi connectivity index (χ4v) is 1.45. The van der Waals surface area contributed by atoms with Crippen LogP contribution in [0, 0.1) is 0 Å². The van der Waals surface area contributed by atoms with Crippen LogP contribution < -0.4 is 15.4 Å².